The fourth-order valence-electron chi connectivity index (χ4n) is 2.15. The van der Waals surface area contributed by atoms with Crippen LogP contribution >= 0.6 is 0 Å². The second kappa shape index (κ2) is 4.44. The molecule has 0 radical (unpaired) electrons. The predicted molar refractivity (Wildman–Crippen MR) is 68.4 cm³/mol. The van der Waals surface area contributed by atoms with Gasteiger partial charge in [0, 0.05) is 17.8 Å². The molecule has 0 saturated heterocycles. The van der Waals surface area contributed by atoms with Crippen molar-refractivity contribution in [3.8, 4) is 11.3 Å². The van der Waals surface area contributed by atoms with E-state index in [2.05, 4.69) is 4.98 Å². The van der Waals surface area contributed by atoms with Crippen molar-refractivity contribution in [2.75, 3.05) is 0 Å². The van der Waals surface area contributed by atoms with Gasteiger partial charge >= 0.3 is 0 Å². The van der Waals surface area contributed by atoms with Crippen molar-refractivity contribution in [3.63, 3.8) is 0 Å². The average molecular weight is 259 g/mol. The van der Waals surface area contributed by atoms with Crippen molar-refractivity contribution >= 4 is 5.52 Å². The Bertz CT molecular complexity index is 729. The molecule has 5 heteroatoms. The van der Waals surface area contributed by atoms with Gasteiger partial charge in [-0.2, -0.15) is 0 Å². The van der Waals surface area contributed by atoms with E-state index in [1.54, 1.807) is 0 Å². The minimum atomic E-state index is -0.624. The van der Waals surface area contributed by atoms with Crippen LogP contribution in [-0.4, -0.2) is 9.38 Å². The normalized spacial score (nSPS) is 11.1. The summed E-state index contributed by atoms with van der Waals surface area (Å²) >= 11 is 0. The van der Waals surface area contributed by atoms with Crippen LogP contribution in [-0.2, 0) is 6.54 Å². The molecule has 3 aromatic rings. The number of pyridine rings is 1. The van der Waals surface area contributed by atoms with Crippen LogP contribution < -0.4 is 5.73 Å². The molecule has 0 unspecified atom stereocenters. The topological polar surface area (TPSA) is 43.3 Å². The summed E-state index contributed by atoms with van der Waals surface area (Å²) in [5.41, 5.74) is 7.34. The highest BCUT2D eigenvalue weighted by molar-refractivity contribution is 5.77. The summed E-state index contributed by atoms with van der Waals surface area (Å²) in [6.45, 7) is 0.253. The Hall–Kier alpha value is -2.27. The highest BCUT2D eigenvalue weighted by Crippen LogP contribution is 2.26. The summed E-state index contributed by atoms with van der Waals surface area (Å²) < 4.78 is 28.4. The number of hydrogen-bond donors (Lipinski definition) is 1. The highest BCUT2D eigenvalue weighted by atomic mass is 19.1. The van der Waals surface area contributed by atoms with Crippen LogP contribution in [0.3, 0.4) is 0 Å². The molecule has 0 aliphatic heterocycles. The van der Waals surface area contributed by atoms with Gasteiger partial charge in [-0.3, -0.25) is 0 Å². The van der Waals surface area contributed by atoms with Crippen molar-refractivity contribution < 1.29 is 8.78 Å². The van der Waals surface area contributed by atoms with Crippen LogP contribution in [0, 0.1) is 11.6 Å². The number of nitrogens with zero attached hydrogens (tertiary/aromatic N) is 2. The summed E-state index contributed by atoms with van der Waals surface area (Å²) in [5, 5.41) is 0. The molecule has 19 heavy (non-hydrogen) atoms. The molecule has 0 fully saturated rings. The molecular weight excluding hydrogens is 248 g/mol. The third kappa shape index (κ3) is 1.98. The molecule has 2 heterocycles. The number of aromatic nitrogens is 2. The molecule has 0 saturated carbocycles. The molecule has 2 N–H and O–H groups in total. The van der Waals surface area contributed by atoms with E-state index < -0.39 is 11.6 Å². The Morgan fingerprint density at radius 1 is 1.11 bits per heavy atom. The standard InChI is InChI=1S/C14H11F2N3/c15-10-5-9(6-11(16)7-10)14-12-3-1-2-4-19(12)13(8-17)18-14/h1-7H,8,17H2. The monoisotopic (exact) mass is 259 g/mol. The zero-order valence-electron chi connectivity index (χ0n) is 9.98. The highest BCUT2D eigenvalue weighted by Gasteiger charge is 2.13. The van der Waals surface area contributed by atoms with E-state index in [0.717, 1.165) is 11.6 Å². The maximum absolute atomic E-state index is 13.3. The summed E-state index contributed by atoms with van der Waals surface area (Å²) in [6, 6.07) is 8.90. The molecule has 0 aliphatic carbocycles. The van der Waals surface area contributed by atoms with E-state index in [-0.39, 0.29) is 6.54 Å². The Morgan fingerprint density at radius 2 is 1.84 bits per heavy atom. The molecule has 3 rings (SSSR count). The Kier molecular flexibility index (Phi) is 2.76. The van der Waals surface area contributed by atoms with Crippen LogP contribution in [0.1, 0.15) is 5.82 Å². The van der Waals surface area contributed by atoms with E-state index in [1.165, 1.54) is 12.1 Å². The summed E-state index contributed by atoms with van der Waals surface area (Å²) in [5.74, 6) is -0.599. The van der Waals surface area contributed by atoms with Crippen molar-refractivity contribution in [2.45, 2.75) is 6.54 Å². The fourth-order valence-corrected chi connectivity index (χ4v) is 2.15. The maximum atomic E-state index is 13.3. The molecule has 0 aliphatic rings. The number of halogens is 2. The van der Waals surface area contributed by atoms with Crippen LogP contribution in [0.25, 0.3) is 16.8 Å². The molecule has 0 amide bonds. The van der Waals surface area contributed by atoms with Gasteiger partial charge < -0.3 is 10.1 Å². The van der Waals surface area contributed by atoms with E-state index in [1.807, 2.05) is 28.8 Å². The number of nitrogens with two attached hydrogens (primary N) is 1. The number of fused-ring (bicyclic) bond motifs is 1. The predicted octanol–water partition coefficient (Wildman–Crippen LogP) is 2.74. The molecule has 0 spiro atoms. The van der Waals surface area contributed by atoms with E-state index >= 15 is 0 Å². The van der Waals surface area contributed by atoms with Gasteiger partial charge in [-0.15, -0.1) is 0 Å². The van der Waals surface area contributed by atoms with E-state index in [9.17, 15) is 8.78 Å². The molecule has 0 atom stereocenters. The zero-order chi connectivity index (χ0) is 13.4. The van der Waals surface area contributed by atoms with Gasteiger partial charge in [0.15, 0.2) is 0 Å². The zero-order valence-corrected chi connectivity index (χ0v) is 9.98. The Labute approximate surface area is 108 Å². The Morgan fingerprint density at radius 3 is 2.53 bits per heavy atom. The summed E-state index contributed by atoms with van der Waals surface area (Å²) in [4.78, 5) is 4.36. The first-order valence-electron chi connectivity index (χ1n) is 5.81. The molecule has 96 valence electrons. The molecule has 3 nitrogen and oxygen atoms in total. The molecule has 0 bridgehead atoms. The van der Waals surface area contributed by atoms with E-state index in [0.29, 0.717) is 17.1 Å². The van der Waals surface area contributed by atoms with Crippen LogP contribution in [0.2, 0.25) is 0 Å². The van der Waals surface area contributed by atoms with Crippen molar-refractivity contribution in [2.24, 2.45) is 5.73 Å². The van der Waals surface area contributed by atoms with Gasteiger partial charge in [-0.1, -0.05) is 6.07 Å². The number of hydrogen-bond acceptors (Lipinski definition) is 2. The lowest BCUT2D eigenvalue weighted by atomic mass is 10.1. The van der Waals surface area contributed by atoms with E-state index in [4.69, 9.17) is 5.73 Å². The third-order valence-corrected chi connectivity index (χ3v) is 2.94. The van der Waals surface area contributed by atoms with Gasteiger partial charge in [0.25, 0.3) is 0 Å². The van der Waals surface area contributed by atoms with Crippen LogP contribution in [0.15, 0.2) is 42.6 Å². The number of rotatable bonds is 2. The minimum absolute atomic E-state index is 0.253. The van der Waals surface area contributed by atoms with Gasteiger partial charge in [-0.25, -0.2) is 13.8 Å². The molecular formula is C14H11F2N3. The summed E-state index contributed by atoms with van der Waals surface area (Å²) in [6.07, 6.45) is 1.82. The number of imidazole rings is 1. The van der Waals surface area contributed by atoms with Crippen LogP contribution in [0.5, 0.6) is 0 Å². The average Bonchev–Trinajstić information content (AvgIpc) is 2.76. The maximum Gasteiger partial charge on any atom is 0.127 e. The number of benzene rings is 1. The van der Waals surface area contributed by atoms with Gasteiger partial charge in [0.05, 0.1) is 17.8 Å². The smallest absolute Gasteiger partial charge is 0.127 e. The Balaban J connectivity index is 2.30. The lowest BCUT2D eigenvalue weighted by Gasteiger charge is -2.00. The first-order chi connectivity index (χ1) is 9.19. The second-order valence-corrected chi connectivity index (χ2v) is 4.19. The van der Waals surface area contributed by atoms with Crippen molar-refractivity contribution in [1.82, 2.24) is 9.38 Å². The fraction of sp³-hybridized carbons (Fsp3) is 0.0714. The van der Waals surface area contributed by atoms with Gasteiger partial charge in [-0.05, 0) is 24.3 Å². The lowest BCUT2D eigenvalue weighted by Crippen LogP contribution is -2.01. The van der Waals surface area contributed by atoms with Crippen LogP contribution in [0.4, 0.5) is 8.78 Å². The second-order valence-electron chi connectivity index (χ2n) is 4.19. The quantitative estimate of drug-likeness (QED) is 0.769. The minimum Gasteiger partial charge on any atom is -0.324 e. The van der Waals surface area contributed by atoms with Gasteiger partial charge in [0.2, 0.25) is 0 Å². The third-order valence-electron chi connectivity index (χ3n) is 2.94. The SMILES string of the molecule is NCc1nc(-c2cc(F)cc(F)c2)c2ccccn12. The molecule has 2 aromatic heterocycles. The lowest BCUT2D eigenvalue weighted by molar-refractivity contribution is 0.584. The first kappa shape index (κ1) is 11.8. The van der Waals surface area contributed by atoms with Crippen molar-refractivity contribution in [3.05, 3.63) is 60.1 Å². The van der Waals surface area contributed by atoms with Gasteiger partial charge in [0.1, 0.15) is 17.5 Å². The van der Waals surface area contributed by atoms with Crippen molar-refractivity contribution in [1.29, 1.82) is 0 Å². The largest absolute Gasteiger partial charge is 0.324 e. The first-order valence-corrected chi connectivity index (χ1v) is 5.81. The molecule has 1 aromatic carbocycles. The summed E-state index contributed by atoms with van der Waals surface area (Å²) in [7, 11) is 0.